The van der Waals surface area contributed by atoms with Crippen molar-refractivity contribution in [1.82, 2.24) is 5.32 Å². The number of ether oxygens (including phenoxy) is 2. The molecule has 0 aliphatic heterocycles. The van der Waals surface area contributed by atoms with Crippen molar-refractivity contribution in [2.75, 3.05) is 24.9 Å². The third kappa shape index (κ3) is 9.45. The topological polar surface area (TPSA) is 143 Å². The molecule has 0 radical (unpaired) electrons. The fraction of sp³-hybridized carbons (Fsp3) is 0.209. The van der Waals surface area contributed by atoms with Crippen LogP contribution in [0.4, 0.5) is 10.7 Å². The van der Waals surface area contributed by atoms with Gasteiger partial charge in [-0.2, -0.15) is 0 Å². The molecular formula is C43H41N3O7S2. The van der Waals surface area contributed by atoms with E-state index in [1.54, 1.807) is 54.6 Å². The predicted octanol–water partition coefficient (Wildman–Crippen LogP) is 8.44. The van der Waals surface area contributed by atoms with E-state index in [0.717, 1.165) is 28.2 Å². The van der Waals surface area contributed by atoms with Crippen molar-refractivity contribution in [3.05, 3.63) is 142 Å². The molecule has 282 valence electrons. The van der Waals surface area contributed by atoms with Gasteiger partial charge in [-0.3, -0.25) is 14.4 Å². The molecule has 0 saturated carbocycles. The molecule has 0 bridgehead atoms. The third-order valence-corrected chi connectivity index (χ3v) is 11.8. The standard InChI is InChI=1S/C43H41N3O7S2/c1-4-36(41(50)46-42-38(43(51)53-3)33-21-19-28(23-37(33)55-42)26-12-7-5-8-13-26)54-32-17-11-16-30(24-32)44-40(49)34(45-39(48)27-14-9-6-10-15-27)22-29-18-20-31(47)25-35(29)52-2/h5-18,20,22,24-25,28,36,47H,4,19,21,23H2,1-3H3,(H,44,49)(H,45,48)(H,46,50)/b34-22+. The Balaban J connectivity index is 1.19. The van der Waals surface area contributed by atoms with Crippen LogP contribution in [0.5, 0.6) is 11.5 Å². The lowest BCUT2D eigenvalue weighted by Crippen LogP contribution is -2.30. The number of benzene rings is 4. The molecule has 1 aromatic heterocycles. The number of esters is 1. The Kier molecular flexibility index (Phi) is 12.7. The van der Waals surface area contributed by atoms with Gasteiger partial charge in [0, 0.05) is 32.7 Å². The van der Waals surface area contributed by atoms with Crippen molar-refractivity contribution in [1.29, 1.82) is 0 Å². The lowest BCUT2D eigenvalue weighted by atomic mass is 9.83. The Morgan fingerprint density at radius 3 is 2.38 bits per heavy atom. The molecule has 0 fully saturated rings. The molecule has 2 unspecified atom stereocenters. The van der Waals surface area contributed by atoms with Crippen molar-refractivity contribution in [2.24, 2.45) is 0 Å². The Labute approximate surface area is 328 Å². The molecular weight excluding hydrogens is 735 g/mol. The summed E-state index contributed by atoms with van der Waals surface area (Å²) in [5, 5.41) is 18.5. The molecule has 2 atom stereocenters. The Morgan fingerprint density at radius 1 is 0.927 bits per heavy atom. The van der Waals surface area contributed by atoms with Gasteiger partial charge in [-0.05, 0) is 91.3 Å². The number of hydrogen-bond donors (Lipinski definition) is 4. The molecule has 5 aromatic rings. The van der Waals surface area contributed by atoms with E-state index < -0.39 is 23.0 Å². The minimum atomic E-state index is -0.599. The number of anilines is 2. The number of aromatic hydroxyl groups is 1. The number of phenolic OH excluding ortho intramolecular Hbond substituents is 1. The van der Waals surface area contributed by atoms with Gasteiger partial charge in [0.25, 0.3) is 11.8 Å². The molecule has 4 N–H and O–H groups in total. The maximum absolute atomic E-state index is 13.8. The Hall–Kier alpha value is -5.85. The van der Waals surface area contributed by atoms with E-state index in [1.807, 2.05) is 31.2 Å². The highest BCUT2D eigenvalue weighted by Crippen LogP contribution is 2.43. The van der Waals surface area contributed by atoms with Gasteiger partial charge in [0.2, 0.25) is 5.91 Å². The van der Waals surface area contributed by atoms with Crippen LogP contribution in [0.2, 0.25) is 0 Å². The fourth-order valence-electron chi connectivity index (χ4n) is 6.44. The molecule has 1 heterocycles. The van der Waals surface area contributed by atoms with E-state index in [2.05, 4.69) is 28.1 Å². The van der Waals surface area contributed by atoms with E-state index >= 15 is 0 Å². The van der Waals surface area contributed by atoms with Crippen LogP contribution in [-0.4, -0.2) is 48.3 Å². The van der Waals surface area contributed by atoms with Crippen molar-refractivity contribution >= 4 is 63.6 Å². The smallest absolute Gasteiger partial charge is 0.341 e. The van der Waals surface area contributed by atoms with Crippen LogP contribution in [0.1, 0.15) is 68.0 Å². The van der Waals surface area contributed by atoms with Gasteiger partial charge in [0.1, 0.15) is 22.2 Å². The second-order valence-corrected chi connectivity index (χ2v) is 15.2. The molecule has 0 spiro atoms. The van der Waals surface area contributed by atoms with Crippen LogP contribution in [0.15, 0.2) is 114 Å². The molecule has 10 nitrogen and oxygen atoms in total. The average Bonchev–Trinajstić information content (AvgIpc) is 3.57. The maximum Gasteiger partial charge on any atom is 0.341 e. The van der Waals surface area contributed by atoms with Gasteiger partial charge in [0.05, 0.1) is 25.0 Å². The number of phenols is 1. The zero-order valence-electron chi connectivity index (χ0n) is 30.6. The highest BCUT2D eigenvalue weighted by molar-refractivity contribution is 8.00. The van der Waals surface area contributed by atoms with Crippen molar-refractivity contribution in [3.8, 4) is 11.5 Å². The molecule has 1 aliphatic carbocycles. The maximum atomic E-state index is 13.8. The predicted molar refractivity (Wildman–Crippen MR) is 217 cm³/mol. The van der Waals surface area contributed by atoms with E-state index in [4.69, 9.17) is 9.47 Å². The summed E-state index contributed by atoms with van der Waals surface area (Å²) in [7, 11) is 2.79. The van der Waals surface area contributed by atoms with Crippen LogP contribution in [0.3, 0.4) is 0 Å². The average molecular weight is 776 g/mol. The first-order valence-electron chi connectivity index (χ1n) is 17.8. The largest absolute Gasteiger partial charge is 0.508 e. The monoisotopic (exact) mass is 775 g/mol. The van der Waals surface area contributed by atoms with Gasteiger partial charge in [0.15, 0.2) is 0 Å². The summed E-state index contributed by atoms with van der Waals surface area (Å²) >= 11 is 2.78. The Bertz CT molecular complexity index is 2220. The molecule has 4 aromatic carbocycles. The third-order valence-electron chi connectivity index (χ3n) is 9.24. The summed E-state index contributed by atoms with van der Waals surface area (Å²) in [6.45, 7) is 1.91. The van der Waals surface area contributed by atoms with E-state index in [9.17, 15) is 24.3 Å². The van der Waals surface area contributed by atoms with Crippen LogP contribution < -0.4 is 20.7 Å². The highest BCUT2D eigenvalue weighted by Gasteiger charge is 2.32. The summed E-state index contributed by atoms with van der Waals surface area (Å²) in [6, 6.07) is 30.4. The molecule has 3 amide bonds. The number of thiophene rings is 1. The first-order valence-corrected chi connectivity index (χ1v) is 19.5. The van der Waals surface area contributed by atoms with Crippen LogP contribution in [0, 0.1) is 0 Å². The zero-order chi connectivity index (χ0) is 38.9. The molecule has 6 rings (SSSR count). The number of carbonyl (C=O) groups is 4. The molecule has 0 saturated heterocycles. The second-order valence-electron chi connectivity index (χ2n) is 12.8. The number of amides is 3. The van der Waals surface area contributed by atoms with Gasteiger partial charge in [-0.15, -0.1) is 23.1 Å². The van der Waals surface area contributed by atoms with Crippen LogP contribution in [-0.2, 0) is 27.2 Å². The summed E-state index contributed by atoms with van der Waals surface area (Å²) in [5.74, 6) is -1.18. The van der Waals surface area contributed by atoms with Crippen LogP contribution >= 0.6 is 23.1 Å². The summed E-state index contributed by atoms with van der Waals surface area (Å²) in [5.41, 5.74) is 3.83. The van der Waals surface area contributed by atoms with E-state index in [1.165, 1.54) is 61.1 Å². The van der Waals surface area contributed by atoms with Gasteiger partial charge >= 0.3 is 5.97 Å². The lowest BCUT2D eigenvalue weighted by Gasteiger charge is -2.22. The summed E-state index contributed by atoms with van der Waals surface area (Å²) in [4.78, 5) is 55.6. The zero-order valence-corrected chi connectivity index (χ0v) is 32.2. The van der Waals surface area contributed by atoms with Crippen molar-refractivity contribution in [3.63, 3.8) is 0 Å². The SMILES string of the molecule is CCC(Sc1cccc(NC(=O)/C(=C\c2ccc(O)cc2OC)NC(=O)c2ccccc2)c1)C(=O)Nc1sc2c(c1C(=O)OC)CCC(c1ccccc1)C2. The van der Waals surface area contributed by atoms with Crippen LogP contribution in [0.25, 0.3) is 6.08 Å². The highest BCUT2D eigenvalue weighted by atomic mass is 32.2. The lowest BCUT2D eigenvalue weighted by molar-refractivity contribution is -0.116. The van der Waals surface area contributed by atoms with Crippen molar-refractivity contribution in [2.45, 2.75) is 48.7 Å². The quantitative estimate of drug-likeness (QED) is 0.0531. The number of hydrogen-bond acceptors (Lipinski definition) is 9. The molecule has 12 heteroatoms. The van der Waals surface area contributed by atoms with Crippen molar-refractivity contribution < 1.29 is 33.8 Å². The first-order chi connectivity index (χ1) is 26.7. The second kappa shape index (κ2) is 18.0. The summed E-state index contributed by atoms with van der Waals surface area (Å²) < 4.78 is 10.6. The Morgan fingerprint density at radius 2 is 1.67 bits per heavy atom. The van der Waals surface area contributed by atoms with E-state index in [-0.39, 0.29) is 17.4 Å². The van der Waals surface area contributed by atoms with E-state index in [0.29, 0.717) is 51.9 Å². The van der Waals surface area contributed by atoms with Gasteiger partial charge in [-0.25, -0.2) is 4.79 Å². The number of methoxy groups -OCH3 is 2. The number of thioether (sulfide) groups is 1. The minimum Gasteiger partial charge on any atom is -0.508 e. The minimum absolute atomic E-state index is 0.0166. The molecule has 1 aliphatic rings. The number of rotatable bonds is 13. The number of fused-ring (bicyclic) bond motifs is 1. The normalized spacial score (nSPS) is 14.2. The van der Waals surface area contributed by atoms with Gasteiger partial charge < -0.3 is 30.5 Å². The summed E-state index contributed by atoms with van der Waals surface area (Å²) in [6.07, 6.45) is 4.36. The van der Waals surface area contributed by atoms with Gasteiger partial charge in [-0.1, -0.05) is 61.5 Å². The number of nitrogens with one attached hydrogen (secondary N) is 3. The fourth-order valence-corrected chi connectivity index (χ4v) is 8.77. The number of carbonyl (C=O) groups excluding carboxylic acids is 4. The molecule has 55 heavy (non-hydrogen) atoms. The first kappa shape index (κ1) is 38.9.